The molecular weight excluding hydrogens is 368 g/mol. The number of piperazine rings is 1. The number of carbonyl (C=O) groups is 1. The fraction of sp³-hybridized carbons (Fsp3) is 0.476. The lowest BCUT2D eigenvalue weighted by Gasteiger charge is -2.34. The summed E-state index contributed by atoms with van der Waals surface area (Å²) in [4.78, 5) is 17.0. The molecule has 1 aromatic heterocycles. The van der Waals surface area contributed by atoms with E-state index in [4.69, 9.17) is 4.74 Å². The summed E-state index contributed by atoms with van der Waals surface area (Å²) in [6.45, 7) is 5.56. The van der Waals surface area contributed by atoms with Crippen molar-refractivity contribution in [3.63, 3.8) is 0 Å². The quantitative estimate of drug-likeness (QED) is 0.803. The van der Waals surface area contributed by atoms with Gasteiger partial charge in [-0.1, -0.05) is 0 Å². The van der Waals surface area contributed by atoms with E-state index in [1.807, 2.05) is 6.07 Å². The van der Waals surface area contributed by atoms with E-state index in [2.05, 4.69) is 61.9 Å². The molecule has 0 bridgehead atoms. The topological polar surface area (TPSA) is 82.6 Å². The normalized spacial score (nSPS) is 18.4. The minimum atomic E-state index is -0.0119. The number of nitrogens with zero attached hydrogens (tertiary/aromatic N) is 4. The lowest BCUT2D eigenvalue weighted by Crippen LogP contribution is -2.44. The van der Waals surface area contributed by atoms with Gasteiger partial charge >= 0.3 is 0 Å². The summed E-state index contributed by atoms with van der Waals surface area (Å²) >= 11 is 0. The van der Waals surface area contributed by atoms with Gasteiger partial charge in [-0.05, 0) is 56.3 Å². The van der Waals surface area contributed by atoms with Crippen molar-refractivity contribution in [3.8, 4) is 0 Å². The summed E-state index contributed by atoms with van der Waals surface area (Å²) in [6, 6.07) is 11.9. The Morgan fingerprint density at radius 2 is 1.62 bits per heavy atom. The zero-order valence-electron chi connectivity index (χ0n) is 16.8. The molecule has 8 nitrogen and oxygen atoms in total. The van der Waals surface area contributed by atoms with Gasteiger partial charge in [-0.15, -0.1) is 10.2 Å². The van der Waals surface area contributed by atoms with Gasteiger partial charge < -0.3 is 25.2 Å². The second-order valence-corrected chi connectivity index (χ2v) is 7.64. The maximum atomic E-state index is 12.3. The van der Waals surface area contributed by atoms with E-state index in [0.29, 0.717) is 24.8 Å². The van der Waals surface area contributed by atoms with Crippen LogP contribution in [0.4, 0.5) is 23.0 Å². The molecule has 0 radical (unpaired) electrons. The molecule has 0 spiro atoms. The summed E-state index contributed by atoms with van der Waals surface area (Å²) in [7, 11) is 2.16. The third-order valence-electron chi connectivity index (χ3n) is 5.52. The summed E-state index contributed by atoms with van der Waals surface area (Å²) < 4.78 is 5.30. The van der Waals surface area contributed by atoms with Crippen molar-refractivity contribution in [2.24, 2.45) is 5.92 Å². The van der Waals surface area contributed by atoms with Crippen LogP contribution < -0.4 is 15.5 Å². The third kappa shape index (κ3) is 5.21. The molecule has 8 heteroatoms. The monoisotopic (exact) mass is 396 g/mol. The number of likely N-dealkylation sites (N-methyl/N-ethyl adjacent to an activating group) is 1. The van der Waals surface area contributed by atoms with Crippen molar-refractivity contribution in [1.82, 2.24) is 15.1 Å². The van der Waals surface area contributed by atoms with Crippen LogP contribution in [0, 0.1) is 5.92 Å². The highest BCUT2D eigenvalue weighted by atomic mass is 16.5. The molecule has 2 N–H and O–H groups in total. The van der Waals surface area contributed by atoms with Gasteiger partial charge in [0, 0.05) is 56.7 Å². The van der Waals surface area contributed by atoms with E-state index in [0.717, 1.165) is 44.7 Å². The smallest absolute Gasteiger partial charge is 0.228 e. The molecule has 3 heterocycles. The Kier molecular flexibility index (Phi) is 6.21. The number of rotatable bonds is 5. The first-order valence-corrected chi connectivity index (χ1v) is 10.2. The number of anilines is 4. The molecule has 0 saturated carbocycles. The van der Waals surface area contributed by atoms with Crippen LogP contribution in [0.15, 0.2) is 36.4 Å². The van der Waals surface area contributed by atoms with Crippen LogP contribution in [0.3, 0.4) is 0 Å². The molecule has 29 heavy (non-hydrogen) atoms. The second-order valence-electron chi connectivity index (χ2n) is 7.64. The van der Waals surface area contributed by atoms with Gasteiger partial charge in [-0.2, -0.15) is 0 Å². The highest BCUT2D eigenvalue weighted by Crippen LogP contribution is 2.22. The van der Waals surface area contributed by atoms with Gasteiger partial charge in [0.2, 0.25) is 5.91 Å². The maximum Gasteiger partial charge on any atom is 0.228 e. The molecule has 2 aliphatic rings. The first-order chi connectivity index (χ1) is 14.2. The molecule has 4 rings (SSSR count). The number of aromatic nitrogens is 2. The van der Waals surface area contributed by atoms with Crippen LogP contribution in [0.25, 0.3) is 0 Å². The zero-order valence-corrected chi connectivity index (χ0v) is 16.8. The largest absolute Gasteiger partial charge is 0.381 e. The molecule has 0 unspecified atom stereocenters. The van der Waals surface area contributed by atoms with E-state index < -0.39 is 0 Å². The standard InChI is InChI=1S/C21H28N6O2/c1-26-10-12-27(13-11-26)18-4-2-17(3-5-18)22-19-6-7-20(25-24-19)23-21(28)16-8-14-29-15-9-16/h2-7,16H,8-15H2,1H3,(H,22,24)(H,23,25,28). The highest BCUT2D eigenvalue weighted by Gasteiger charge is 2.22. The van der Waals surface area contributed by atoms with Crippen LogP contribution in [0.5, 0.6) is 0 Å². The Balaban J connectivity index is 1.31. The lowest BCUT2D eigenvalue weighted by molar-refractivity contribution is -0.122. The van der Waals surface area contributed by atoms with E-state index in [1.54, 1.807) is 6.07 Å². The molecule has 0 atom stereocenters. The Morgan fingerprint density at radius 1 is 0.966 bits per heavy atom. The summed E-state index contributed by atoms with van der Waals surface area (Å²) in [6.07, 6.45) is 1.51. The molecule has 2 fully saturated rings. The van der Waals surface area contributed by atoms with Crippen LogP contribution in [-0.4, -0.2) is 67.4 Å². The average Bonchev–Trinajstić information content (AvgIpc) is 2.77. The molecule has 2 saturated heterocycles. The van der Waals surface area contributed by atoms with Crippen LogP contribution >= 0.6 is 0 Å². The van der Waals surface area contributed by atoms with Crippen LogP contribution in [0.2, 0.25) is 0 Å². The first-order valence-electron chi connectivity index (χ1n) is 10.2. The number of nitrogens with one attached hydrogen (secondary N) is 2. The summed E-state index contributed by atoms with van der Waals surface area (Å²) in [5.41, 5.74) is 2.19. The SMILES string of the molecule is CN1CCN(c2ccc(Nc3ccc(NC(=O)C4CCOCC4)nn3)cc2)CC1. The number of ether oxygens (including phenoxy) is 1. The molecule has 1 aromatic carbocycles. The van der Waals surface area contributed by atoms with Crippen molar-refractivity contribution < 1.29 is 9.53 Å². The van der Waals surface area contributed by atoms with E-state index >= 15 is 0 Å². The van der Waals surface area contributed by atoms with Gasteiger partial charge in [0.05, 0.1) is 0 Å². The molecule has 2 aromatic rings. The van der Waals surface area contributed by atoms with Crippen molar-refractivity contribution >= 4 is 28.9 Å². The van der Waals surface area contributed by atoms with Gasteiger partial charge in [-0.25, -0.2) is 0 Å². The van der Waals surface area contributed by atoms with Crippen molar-refractivity contribution in [2.45, 2.75) is 12.8 Å². The highest BCUT2D eigenvalue weighted by molar-refractivity contribution is 5.91. The Morgan fingerprint density at radius 3 is 2.28 bits per heavy atom. The van der Waals surface area contributed by atoms with Gasteiger partial charge in [0.25, 0.3) is 0 Å². The Hall–Kier alpha value is -2.71. The van der Waals surface area contributed by atoms with Gasteiger partial charge in [-0.3, -0.25) is 4.79 Å². The van der Waals surface area contributed by atoms with E-state index in [1.165, 1.54) is 5.69 Å². The summed E-state index contributed by atoms with van der Waals surface area (Å²) in [5.74, 6) is 1.09. The summed E-state index contributed by atoms with van der Waals surface area (Å²) in [5, 5.41) is 14.4. The predicted octanol–water partition coefficient (Wildman–Crippen LogP) is 2.34. The average molecular weight is 396 g/mol. The number of benzene rings is 1. The van der Waals surface area contributed by atoms with Crippen molar-refractivity contribution in [2.75, 3.05) is 62.0 Å². The lowest BCUT2D eigenvalue weighted by atomic mass is 9.99. The fourth-order valence-electron chi connectivity index (χ4n) is 3.62. The number of amides is 1. The van der Waals surface area contributed by atoms with E-state index in [-0.39, 0.29) is 11.8 Å². The molecule has 154 valence electrons. The van der Waals surface area contributed by atoms with E-state index in [9.17, 15) is 4.79 Å². The number of hydrogen-bond donors (Lipinski definition) is 2. The minimum Gasteiger partial charge on any atom is -0.381 e. The van der Waals surface area contributed by atoms with Gasteiger partial charge in [0.1, 0.15) is 0 Å². The molecule has 0 aliphatic carbocycles. The first kappa shape index (κ1) is 19.6. The predicted molar refractivity (Wildman–Crippen MR) is 114 cm³/mol. The number of hydrogen-bond acceptors (Lipinski definition) is 7. The Bertz CT molecular complexity index is 797. The molecular formula is C21H28N6O2. The van der Waals surface area contributed by atoms with Crippen LogP contribution in [0.1, 0.15) is 12.8 Å². The zero-order chi connectivity index (χ0) is 20.1. The van der Waals surface area contributed by atoms with Crippen LogP contribution in [-0.2, 0) is 9.53 Å². The fourth-order valence-corrected chi connectivity index (χ4v) is 3.62. The molecule has 2 aliphatic heterocycles. The van der Waals surface area contributed by atoms with Gasteiger partial charge in [0.15, 0.2) is 11.6 Å². The number of carbonyl (C=O) groups excluding carboxylic acids is 1. The third-order valence-corrected chi connectivity index (χ3v) is 5.52. The maximum absolute atomic E-state index is 12.3. The van der Waals surface area contributed by atoms with Crippen molar-refractivity contribution in [1.29, 1.82) is 0 Å². The molecule has 1 amide bonds. The Labute approximate surface area is 171 Å². The van der Waals surface area contributed by atoms with Crippen molar-refractivity contribution in [3.05, 3.63) is 36.4 Å². The second kappa shape index (κ2) is 9.19. The minimum absolute atomic E-state index is 0.0113.